The number of benzene rings is 1. The summed E-state index contributed by atoms with van der Waals surface area (Å²) in [4.78, 5) is 2.63. The summed E-state index contributed by atoms with van der Waals surface area (Å²) >= 11 is 0. The van der Waals surface area contributed by atoms with Crippen LogP contribution in [0.4, 0.5) is 0 Å². The van der Waals surface area contributed by atoms with Crippen molar-refractivity contribution in [2.75, 3.05) is 13.1 Å². The third-order valence-corrected chi connectivity index (χ3v) is 3.48. The molecule has 1 aromatic carbocycles. The van der Waals surface area contributed by atoms with Crippen LogP contribution >= 0.6 is 0 Å². The first kappa shape index (κ1) is 12.6. The number of nitrogens with two attached hydrogens (primary N) is 1. The largest absolute Gasteiger partial charge is 0.330 e. The van der Waals surface area contributed by atoms with Gasteiger partial charge in [-0.25, -0.2) is 0 Å². The van der Waals surface area contributed by atoms with E-state index in [2.05, 4.69) is 36.1 Å². The van der Waals surface area contributed by atoms with E-state index in [0.717, 1.165) is 25.6 Å². The molecule has 0 radical (unpaired) electrons. The predicted molar refractivity (Wildman–Crippen MR) is 72.9 cm³/mol. The molecule has 0 heterocycles. The molecule has 1 saturated carbocycles. The van der Waals surface area contributed by atoms with Gasteiger partial charge in [0.25, 0.3) is 0 Å². The van der Waals surface area contributed by atoms with Crippen molar-refractivity contribution >= 4 is 0 Å². The van der Waals surface area contributed by atoms with Crippen molar-refractivity contribution in [3.05, 3.63) is 35.4 Å². The van der Waals surface area contributed by atoms with Crippen molar-refractivity contribution in [1.82, 2.24) is 4.90 Å². The summed E-state index contributed by atoms with van der Waals surface area (Å²) in [5.41, 5.74) is 8.58. The molecular formula is C15H24N2. The van der Waals surface area contributed by atoms with E-state index in [-0.39, 0.29) is 0 Å². The maximum Gasteiger partial charge on any atom is 0.0239 e. The maximum absolute atomic E-state index is 5.68. The van der Waals surface area contributed by atoms with Gasteiger partial charge in [-0.15, -0.1) is 0 Å². The Balaban J connectivity index is 2.04. The van der Waals surface area contributed by atoms with E-state index >= 15 is 0 Å². The molecule has 1 aliphatic carbocycles. The summed E-state index contributed by atoms with van der Waals surface area (Å²) in [6.07, 6.45) is 5.02. The molecule has 1 aliphatic rings. The van der Waals surface area contributed by atoms with Crippen molar-refractivity contribution < 1.29 is 0 Å². The zero-order valence-corrected chi connectivity index (χ0v) is 10.9. The number of nitrogens with zero attached hydrogens (tertiary/aromatic N) is 1. The van der Waals surface area contributed by atoms with Crippen molar-refractivity contribution in [2.45, 2.75) is 45.2 Å². The highest BCUT2D eigenvalue weighted by Gasteiger charge is 2.28. The second kappa shape index (κ2) is 6.18. The van der Waals surface area contributed by atoms with Crippen molar-refractivity contribution in [3.8, 4) is 0 Å². The number of rotatable bonds is 7. The summed E-state index contributed by atoms with van der Waals surface area (Å²) in [5, 5.41) is 0. The molecule has 0 unspecified atom stereocenters. The molecule has 0 amide bonds. The average Bonchev–Trinajstić information content (AvgIpc) is 3.15. The summed E-state index contributed by atoms with van der Waals surface area (Å²) in [6, 6.07) is 9.60. The van der Waals surface area contributed by atoms with Gasteiger partial charge in [0.15, 0.2) is 0 Å². The predicted octanol–water partition coefficient (Wildman–Crippen LogP) is 2.56. The number of hydrogen-bond acceptors (Lipinski definition) is 2. The Hall–Kier alpha value is -0.860. The minimum atomic E-state index is 0.744. The lowest BCUT2D eigenvalue weighted by Crippen LogP contribution is -2.27. The zero-order chi connectivity index (χ0) is 12.1. The van der Waals surface area contributed by atoms with Crippen LogP contribution in [0.2, 0.25) is 0 Å². The van der Waals surface area contributed by atoms with E-state index in [0.29, 0.717) is 0 Å². The van der Waals surface area contributed by atoms with Crippen LogP contribution in [0.5, 0.6) is 0 Å². The average molecular weight is 232 g/mol. The molecular weight excluding hydrogens is 208 g/mol. The van der Waals surface area contributed by atoms with Gasteiger partial charge in [0.2, 0.25) is 0 Å². The van der Waals surface area contributed by atoms with Crippen LogP contribution in [-0.2, 0) is 13.0 Å². The summed E-state index contributed by atoms with van der Waals surface area (Å²) < 4.78 is 0. The molecule has 94 valence electrons. The normalized spacial score (nSPS) is 15.5. The van der Waals surface area contributed by atoms with Crippen LogP contribution in [0.3, 0.4) is 0 Å². The van der Waals surface area contributed by atoms with Crippen molar-refractivity contribution in [1.29, 1.82) is 0 Å². The fourth-order valence-electron chi connectivity index (χ4n) is 2.45. The smallest absolute Gasteiger partial charge is 0.0239 e. The second-order valence-corrected chi connectivity index (χ2v) is 5.01. The third kappa shape index (κ3) is 3.55. The van der Waals surface area contributed by atoms with E-state index in [4.69, 9.17) is 5.73 Å². The molecule has 0 bridgehead atoms. The molecule has 2 rings (SSSR count). The van der Waals surface area contributed by atoms with Gasteiger partial charge in [0, 0.05) is 12.6 Å². The van der Waals surface area contributed by atoms with Gasteiger partial charge in [-0.1, -0.05) is 31.2 Å². The Morgan fingerprint density at radius 3 is 2.53 bits per heavy atom. The molecule has 0 aromatic heterocycles. The highest BCUT2D eigenvalue weighted by molar-refractivity contribution is 5.27. The second-order valence-electron chi connectivity index (χ2n) is 5.01. The zero-order valence-electron chi connectivity index (χ0n) is 10.9. The summed E-state index contributed by atoms with van der Waals surface area (Å²) in [7, 11) is 0. The Morgan fingerprint density at radius 1 is 1.24 bits per heavy atom. The fourth-order valence-corrected chi connectivity index (χ4v) is 2.45. The van der Waals surface area contributed by atoms with Crippen LogP contribution in [0.25, 0.3) is 0 Å². The molecule has 0 aliphatic heterocycles. The molecule has 0 spiro atoms. The van der Waals surface area contributed by atoms with E-state index in [1.54, 1.807) is 0 Å². The molecule has 0 atom stereocenters. The summed E-state index contributed by atoms with van der Waals surface area (Å²) in [6.45, 7) is 5.34. The highest BCUT2D eigenvalue weighted by Crippen LogP contribution is 2.29. The molecule has 2 heteroatoms. The van der Waals surface area contributed by atoms with Crippen LogP contribution in [0.15, 0.2) is 24.3 Å². The molecule has 2 nitrogen and oxygen atoms in total. The van der Waals surface area contributed by atoms with E-state index < -0.39 is 0 Å². The van der Waals surface area contributed by atoms with Crippen LogP contribution in [0.1, 0.15) is 37.3 Å². The van der Waals surface area contributed by atoms with Gasteiger partial charge in [-0.05, 0) is 49.9 Å². The maximum atomic E-state index is 5.68. The summed E-state index contributed by atoms with van der Waals surface area (Å²) in [5.74, 6) is 0. The molecule has 1 aromatic rings. The fraction of sp³-hybridized carbons (Fsp3) is 0.600. The Morgan fingerprint density at radius 2 is 1.94 bits per heavy atom. The first-order chi connectivity index (χ1) is 8.35. The minimum Gasteiger partial charge on any atom is -0.330 e. The SMILES string of the molecule is CCCN(Cc1ccccc1CCN)C1CC1. The first-order valence-corrected chi connectivity index (χ1v) is 6.86. The topological polar surface area (TPSA) is 29.3 Å². The Kier molecular flexibility index (Phi) is 4.57. The van der Waals surface area contributed by atoms with Gasteiger partial charge in [-0.3, -0.25) is 4.90 Å². The molecule has 0 saturated heterocycles. The number of hydrogen-bond donors (Lipinski definition) is 1. The third-order valence-electron chi connectivity index (χ3n) is 3.48. The van der Waals surface area contributed by atoms with E-state index in [1.165, 1.54) is 36.9 Å². The van der Waals surface area contributed by atoms with Gasteiger partial charge in [-0.2, -0.15) is 0 Å². The van der Waals surface area contributed by atoms with E-state index in [1.807, 2.05) is 0 Å². The van der Waals surface area contributed by atoms with Gasteiger partial charge >= 0.3 is 0 Å². The van der Waals surface area contributed by atoms with Crippen LogP contribution in [0, 0.1) is 0 Å². The van der Waals surface area contributed by atoms with Crippen molar-refractivity contribution in [3.63, 3.8) is 0 Å². The van der Waals surface area contributed by atoms with Gasteiger partial charge < -0.3 is 5.73 Å². The monoisotopic (exact) mass is 232 g/mol. The molecule has 17 heavy (non-hydrogen) atoms. The minimum absolute atomic E-state index is 0.744. The van der Waals surface area contributed by atoms with Gasteiger partial charge in [0.05, 0.1) is 0 Å². The van der Waals surface area contributed by atoms with Crippen LogP contribution in [-0.4, -0.2) is 24.0 Å². The first-order valence-electron chi connectivity index (χ1n) is 6.86. The van der Waals surface area contributed by atoms with Gasteiger partial charge in [0.1, 0.15) is 0 Å². The highest BCUT2D eigenvalue weighted by atomic mass is 15.2. The lowest BCUT2D eigenvalue weighted by atomic mass is 10.0. The standard InChI is InChI=1S/C15H24N2/c1-2-11-17(15-7-8-15)12-14-6-4-3-5-13(14)9-10-16/h3-6,15H,2,7-12,16H2,1H3. The molecule has 1 fully saturated rings. The Bertz CT molecular complexity index is 345. The van der Waals surface area contributed by atoms with Crippen molar-refractivity contribution in [2.24, 2.45) is 5.73 Å². The molecule has 2 N–H and O–H groups in total. The van der Waals surface area contributed by atoms with Crippen LogP contribution < -0.4 is 5.73 Å². The lowest BCUT2D eigenvalue weighted by molar-refractivity contribution is 0.254. The lowest BCUT2D eigenvalue weighted by Gasteiger charge is -2.22. The Labute approximate surface area is 105 Å². The van der Waals surface area contributed by atoms with E-state index in [9.17, 15) is 0 Å². The quantitative estimate of drug-likeness (QED) is 0.783.